The number of thiol groups is 1. The molecular formula is C4H6N4S. The molecular weight excluding hydrogens is 136 g/mol. The summed E-state index contributed by atoms with van der Waals surface area (Å²) in [6.07, 6.45) is 2.37. The van der Waals surface area contributed by atoms with E-state index in [1.165, 1.54) is 4.09 Å². The molecule has 0 aromatic carbocycles. The molecule has 0 atom stereocenters. The first kappa shape index (κ1) is 6.28. The summed E-state index contributed by atoms with van der Waals surface area (Å²) in [4.78, 5) is 0. The average Bonchev–Trinajstić information content (AvgIpc) is 2.18. The summed E-state index contributed by atoms with van der Waals surface area (Å²) in [5.41, 5.74) is 0. The standard InChI is InChI=1S/C4H6N4S/c1-2-3-4-5-6-7-8(4)9/h2,9H,1,3H2. The number of aromatic nitrogens is 4. The maximum atomic E-state index is 3.92. The third-order valence-corrected chi connectivity index (χ3v) is 1.15. The van der Waals surface area contributed by atoms with Gasteiger partial charge < -0.3 is 0 Å². The van der Waals surface area contributed by atoms with E-state index in [0.717, 1.165) is 0 Å². The molecule has 0 aliphatic carbocycles. The molecule has 0 bridgehead atoms. The Morgan fingerprint density at radius 3 is 3.00 bits per heavy atom. The minimum absolute atomic E-state index is 0.649. The van der Waals surface area contributed by atoms with Crippen molar-refractivity contribution in [2.24, 2.45) is 0 Å². The van der Waals surface area contributed by atoms with E-state index in [1.807, 2.05) is 0 Å². The predicted octanol–water partition coefficient (Wildman–Crippen LogP) is 0.0945. The SMILES string of the molecule is C=CCc1nnnn1S. The van der Waals surface area contributed by atoms with Gasteiger partial charge in [0.25, 0.3) is 0 Å². The van der Waals surface area contributed by atoms with Crippen LogP contribution in [0.3, 0.4) is 0 Å². The van der Waals surface area contributed by atoms with Gasteiger partial charge in [0.05, 0.1) is 0 Å². The van der Waals surface area contributed by atoms with Gasteiger partial charge in [-0.2, -0.15) is 4.09 Å². The second-order valence-electron chi connectivity index (χ2n) is 1.48. The number of nitrogens with zero attached hydrogens (tertiary/aromatic N) is 4. The van der Waals surface area contributed by atoms with Crippen LogP contribution < -0.4 is 0 Å². The highest BCUT2D eigenvalue weighted by atomic mass is 32.1. The fourth-order valence-electron chi connectivity index (χ4n) is 0.453. The molecule has 0 radical (unpaired) electrons. The van der Waals surface area contributed by atoms with Gasteiger partial charge in [-0.3, -0.25) is 0 Å². The quantitative estimate of drug-likeness (QED) is 0.470. The average molecular weight is 142 g/mol. The van der Waals surface area contributed by atoms with E-state index in [9.17, 15) is 0 Å². The Hall–Kier alpha value is -0.840. The van der Waals surface area contributed by atoms with Crippen LogP contribution in [0.1, 0.15) is 5.82 Å². The molecule has 0 fully saturated rings. The number of hydrogen-bond donors (Lipinski definition) is 1. The second-order valence-corrected chi connectivity index (χ2v) is 1.86. The molecule has 5 heteroatoms. The van der Waals surface area contributed by atoms with Gasteiger partial charge in [-0.05, 0) is 23.2 Å². The number of tetrazole rings is 1. The number of allylic oxidation sites excluding steroid dienone is 1. The predicted molar refractivity (Wildman–Crippen MR) is 36.1 cm³/mol. The van der Waals surface area contributed by atoms with Crippen LogP contribution in [0.25, 0.3) is 0 Å². The Kier molecular flexibility index (Phi) is 1.84. The maximum Gasteiger partial charge on any atom is 0.167 e. The zero-order chi connectivity index (χ0) is 6.69. The molecule has 1 rings (SSSR count). The normalized spacial score (nSPS) is 9.44. The first-order valence-electron chi connectivity index (χ1n) is 2.42. The first-order valence-corrected chi connectivity index (χ1v) is 2.82. The summed E-state index contributed by atoms with van der Waals surface area (Å²) in [6.45, 7) is 3.53. The summed E-state index contributed by atoms with van der Waals surface area (Å²) >= 11 is 3.92. The molecule has 1 aromatic heterocycles. The molecule has 0 unspecified atom stereocenters. The summed E-state index contributed by atoms with van der Waals surface area (Å²) in [5, 5.41) is 10.5. The van der Waals surface area contributed by atoms with Crippen LogP contribution in [0.4, 0.5) is 0 Å². The molecule has 0 N–H and O–H groups in total. The van der Waals surface area contributed by atoms with Crippen LogP contribution in [0.15, 0.2) is 12.7 Å². The van der Waals surface area contributed by atoms with Crippen LogP contribution in [0.5, 0.6) is 0 Å². The lowest BCUT2D eigenvalue weighted by Gasteiger charge is -1.87. The monoisotopic (exact) mass is 142 g/mol. The van der Waals surface area contributed by atoms with Crippen molar-refractivity contribution >= 4 is 12.8 Å². The second kappa shape index (κ2) is 2.63. The Balaban J connectivity index is 2.80. The largest absolute Gasteiger partial charge is 0.173 e. The molecule has 0 spiro atoms. The fourth-order valence-corrected chi connectivity index (χ4v) is 0.610. The first-order chi connectivity index (χ1) is 4.34. The Morgan fingerprint density at radius 1 is 1.78 bits per heavy atom. The lowest BCUT2D eigenvalue weighted by Crippen LogP contribution is -1.91. The molecule has 0 aliphatic heterocycles. The van der Waals surface area contributed by atoms with Crippen LogP contribution in [0.2, 0.25) is 0 Å². The molecule has 4 nitrogen and oxygen atoms in total. The van der Waals surface area contributed by atoms with E-state index in [-0.39, 0.29) is 0 Å². The van der Waals surface area contributed by atoms with Gasteiger partial charge in [-0.15, -0.1) is 11.7 Å². The van der Waals surface area contributed by atoms with E-state index < -0.39 is 0 Å². The van der Waals surface area contributed by atoms with Gasteiger partial charge in [-0.25, -0.2) is 0 Å². The molecule has 0 amide bonds. The number of hydrogen-bond acceptors (Lipinski definition) is 4. The van der Waals surface area contributed by atoms with Gasteiger partial charge in [0.2, 0.25) is 0 Å². The van der Waals surface area contributed by atoms with Gasteiger partial charge in [-0.1, -0.05) is 6.08 Å². The third-order valence-electron chi connectivity index (χ3n) is 0.843. The summed E-state index contributed by atoms with van der Waals surface area (Å²) < 4.78 is 1.32. The third kappa shape index (κ3) is 1.29. The molecule has 0 saturated heterocycles. The van der Waals surface area contributed by atoms with Gasteiger partial charge >= 0.3 is 0 Å². The van der Waals surface area contributed by atoms with Crippen LogP contribution in [-0.4, -0.2) is 19.6 Å². The minimum Gasteiger partial charge on any atom is -0.173 e. The lowest BCUT2D eigenvalue weighted by atomic mass is 10.4. The van der Waals surface area contributed by atoms with E-state index in [0.29, 0.717) is 12.2 Å². The van der Waals surface area contributed by atoms with Gasteiger partial charge in [0.1, 0.15) is 0 Å². The molecule has 1 heterocycles. The molecule has 48 valence electrons. The van der Waals surface area contributed by atoms with E-state index >= 15 is 0 Å². The Morgan fingerprint density at radius 2 is 2.56 bits per heavy atom. The fraction of sp³-hybridized carbons (Fsp3) is 0.250. The molecule has 9 heavy (non-hydrogen) atoms. The van der Waals surface area contributed by atoms with Crippen LogP contribution in [-0.2, 0) is 6.42 Å². The van der Waals surface area contributed by atoms with Crippen molar-refractivity contribution in [1.29, 1.82) is 0 Å². The van der Waals surface area contributed by atoms with E-state index in [4.69, 9.17) is 0 Å². The summed E-state index contributed by atoms with van der Waals surface area (Å²) in [6, 6.07) is 0. The van der Waals surface area contributed by atoms with Crippen molar-refractivity contribution < 1.29 is 0 Å². The van der Waals surface area contributed by atoms with Gasteiger partial charge in [0.15, 0.2) is 5.82 Å². The highest BCUT2D eigenvalue weighted by molar-refractivity contribution is 7.78. The van der Waals surface area contributed by atoms with Crippen LogP contribution >= 0.6 is 12.8 Å². The zero-order valence-electron chi connectivity index (χ0n) is 4.73. The van der Waals surface area contributed by atoms with Crippen molar-refractivity contribution in [2.75, 3.05) is 0 Å². The summed E-state index contributed by atoms with van der Waals surface area (Å²) in [5.74, 6) is 0.702. The Labute approximate surface area is 58.1 Å². The maximum absolute atomic E-state index is 3.92. The van der Waals surface area contributed by atoms with E-state index in [2.05, 4.69) is 34.9 Å². The number of rotatable bonds is 2. The molecule has 0 saturated carbocycles. The van der Waals surface area contributed by atoms with Crippen LogP contribution in [0, 0.1) is 0 Å². The van der Waals surface area contributed by atoms with Crippen molar-refractivity contribution in [3.8, 4) is 0 Å². The lowest BCUT2D eigenvalue weighted by molar-refractivity contribution is 0.854. The highest BCUT2D eigenvalue weighted by Crippen LogP contribution is 1.93. The highest BCUT2D eigenvalue weighted by Gasteiger charge is 1.96. The smallest absolute Gasteiger partial charge is 0.167 e. The molecule has 0 aliphatic rings. The minimum atomic E-state index is 0.649. The zero-order valence-corrected chi connectivity index (χ0v) is 5.62. The van der Waals surface area contributed by atoms with Crippen molar-refractivity contribution in [3.63, 3.8) is 0 Å². The molecule has 1 aromatic rings. The van der Waals surface area contributed by atoms with Crippen molar-refractivity contribution in [1.82, 2.24) is 19.6 Å². The van der Waals surface area contributed by atoms with Crippen molar-refractivity contribution in [3.05, 3.63) is 18.5 Å². The summed E-state index contributed by atoms with van der Waals surface area (Å²) in [7, 11) is 0. The topological polar surface area (TPSA) is 43.6 Å². The van der Waals surface area contributed by atoms with Gasteiger partial charge in [0, 0.05) is 6.42 Å². The Bertz CT molecular complexity index is 206. The van der Waals surface area contributed by atoms with E-state index in [1.54, 1.807) is 6.08 Å². The van der Waals surface area contributed by atoms with Crippen molar-refractivity contribution in [2.45, 2.75) is 6.42 Å².